The number of piperazine rings is 1. The van der Waals surface area contributed by atoms with E-state index in [2.05, 4.69) is 10.6 Å². The van der Waals surface area contributed by atoms with Crippen LogP contribution in [0.4, 0.5) is 4.39 Å². The summed E-state index contributed by atoms with van der Waals surface area (Å²) in [5, 5.41) is 6.04. The van der Waals surface area contributed by atoms with Crippen LogP contribution in [0.3, 0.4) is 0 Å². The van der Waals surface area contributed by atoms with Gasteiger partial charge in [0.2, 0.25) is 5.91 Å². The van der Waals surface area contributed by atoms with E-state index in [1.54, 1.807) is 12.1 Å². The zero-order valence-electron chi connectivity index (χ0n) is 12.5. The number of nitrogens with one attached hydrogen (secondary N) is 2. The highest BCUT2D eigenvalue weighted by atomic mass is 19.1. The number of halogens is 1. The largest absolute Gasteiger partial charge is 0.497 e. The second-order valence-corrected chi connectivity index (χ2v) is 5.04. The predicted octanol–water partition coefficient (Wildman–Crippen LogP) is 0.744. The van der Waals surface area contributed by atoms with E-state index in [9.17, 15) is 9.18 Å². The molecule has 21 heavy (non-hydrogen) atoms. The normalized spacial score (nSPS) is 19.3. The SMILES string of the molecule is CCNC(=O)C1CNCCN1Cc1ccc(OC)cc1F. The molecule has 0 radical (unpaired) electrons. The topological polar surface area (TPSA) is 53.6 Å². The first kappa shape index (κ1) is 15.7. The maximum absolute atomic E-state index is 14.0. The summed E-state index contributed by atoms with van der Waals surface area (Å²) in [6.45, 7) is 5.01. The van der Waals surface area contributed by atoms with E-state index in [1.165, 1.54) is 13.2 Å². The van der Waals surface area contributed by atoms with Crippen molar-refractivity contribution in [2.75, 3.05) is 33.3 Å². The molecule has 1 fully saturated rings. The Morgan fingerprint density at radius 1 is 1.57 bits per heavy atom. The number of carbonyl (C=O) groups is 1. The highest BCUT2D eigenvalue weighted by Crippen LogP contribution is 2.19. The van der Waals surface area contributed by atoms with Crippen LogP contribution >= 0.6 is 0 Å². The van der Waals surface area contributed by atoms with Crippen LogP contribution in [0.5, 0.6) is 5.75 Å². The number of likely N-dealkylation sites (N-methyl/N-ethyl adjacent to an activating group) is 1. The zero-order chi connectivity index (χ0) is 15.2. The summed E-state index contributed by atoms with van der Waals surface area (Å²) in [6.07, 6.45) is 0. The lowest BCUT2D eigenvalue weighted by Crippen LogP contribution is -2.57. The molecular formula is C15H22FN3O2. The Balaban J connectivity index is 2.10. The minimum atomic E-state index is -0.303. The first-order chi connectivity index (χ1) is 10.2. The molecule has 0 spiro atoms. The molecule has 1 aromatic rings. The number of hydrogen-bond acceptors (Lipinski definition) is 4. The molecule has 1 unspecified atom stereocenters. The van der Waals surface area contributed by atoms with Crippen LogP contribution in [0.1, 0.15) is 12.5 Å². The molecule has 1 aliphatic rings. The minimum absolute atomic E-state index is 0.0152. The molecule has 1 aliphatic heterocycles. The van der Waals surface area contributed by atoms with E-state index in [0.717, 1.165) is 6.54 Å². The van der Waals surface area contributed by atoms with Crippen LogP contribution in [0.2, 0.25) is 0 Å². The van der Waals surface area contributed by atoms with Crippen LogP contribution < -0.4 is 15.4 Å². The van der Waals surface area contributed by atoms with Crippen molar-refractivity contribution in [2.45, 2.75) is 19.5 Å². The van der Waals surface area contributed by atoms with Gasteiger partial charge in [0.25, 0.3) is 0 Å². The summed E-state index contributed by atoms with van der Waals surface area (Å²) in [4.78, 5) is 14.1. The quantitative estimate of drug-likeness (QED) is 0.841. The number of benzene rings is 1. The second-order valence-electron chi connectivity index (χ2n) is 5.04. The first-order valence-corrected chi connectivity index (χ1v) is 7.20. The molecule has 2 rings (SSSR count). The molecule has 0 bridgehead atoms. The fourth-order valence-electron chi connectivity index (χ4n) is 2.49. The van der Waals surface area contributed by atoms with E-state index in [0.29, 0.717) is 37.5 Å². The van der Waals surface area contributed by atoms with Crippen LogP contribution in [-0.2, 0) is 11.3 Å². The first-order valence-electron chi connectivity index (χ1n) is 7.20. The van der Waals surface area contributed by atoms with Crippen LogP contribution in [-0.4, -0.2) is 50.1 Å². The maximum atomic E-state index is 14.0. The van der Waals surface area contributed by atoms with Crippen LogP contribution in [0.15, 0.2) is 18.2 Å². The molecule has 2 N–H and O–H groups in total. The van der Waals surface area contributed by atoms with Gasteiger partial charge in [0.05, 0.1) is 7.11 Å². The number of carbonyl (C=O) groups excluding carboxylic acids is 1. The number of methoxy groups -OCH3 is 1. The molecule has 0 aliphatic carbocycles. The van der Waals surface area contributed by atoms with Crippen molar-refractivity contribution < 1.29 is 13.9 Å². The third-order valence-corrected chi connectivity index (χ3v) is 3.64. The van der Waals surface area contributed by atoms with Gasteiger partial charge in [-0.15, -0.1) is 0 Å². The van der Waals surface area contributed by atoms with Gasteiger partial charge in [-0.1, -0.05) is 6.07 Å². The average Bonchev–Trinajstić information content (AvgIpc) is 2.50. The van der Waals surface area contributed by atoms with Gasteiger partial charge in [-0.05, 0) is 13.0 Å². The monoisotopic (exact) mass is 295 g/mol. The van der Waals surface area contributed by atoms with E-state index in [1.807, 2.05) is 11.8 Å². The number of rotatable bonds is 5. The Kier molecular flexibility index (Phi) is 5.52. The minimum Gasteiger partial charge on any atom is -0.497 e. The summed E-state index contributed by atoms with van der Waals surface area (Å²) >= 11 is 0. The molecule has 1 amide bonds. The van der Waals surface area contributed by atoms with Gasteiger partial charge < -0.3 is 15.4 Å². The summed E-state index contributed by atoms with van der Waals surface area (Å²) < 4.78 is 19.0. The molecule has 116 valence electrons. The van der Waals surface area contributed by atoms with Gasteiger partial charge in [0.15, 0.2) is 0 Å². The van der Waals surface area contributed by atoms with Crippen molar-refractivity contribution >= 4 is 5.91 Å². The molecule has 1 aromatic carbocycles. The second kappa shape index (κ2) is 7.38. The Bertz CT molecular complexity index is 496. The van der Waals surface area contributed by atoms with Gasteiger partial charge in [-0.3, -0.25) is 9.69 Å². The van der Waals surface area contributed by atoms with Gasteiger partial charge in [-0.2, -0.15) is 0 Å². The molecule has 0 saturated carbocycles. The Labute approximate surface area is 124 Å². The third kappa shape index (κ3) is 3.92. The molecule has 6 heteroatoms. The van der Waals surface area contributed by atoms with E-state index >= 15 is 0 Å². The van der Waals surface area contributed by atoms with Gasteiger partial charge in [0, 0.05) is 44.4 Å². The van der Waals surface area contributed by atoms with Crippen molar-refractivity contribution in [3.05, 3.63) is 29.6 Å². The lowest BCUT2D eigenvalue weighted by Gasteiger charge is -2.35. The number of amides is 1. The predicted molar refractivity (Wildman–Crippen MR) is 78.7 cm³/mol. The standard InChI is InChI=1S/C15H22FN3O2/c1-3-18-15(20)14-9-17-6-7-19(14)10-11-4-5-12(21-2)8-13(11)16/h4-5,8,14,17H,3,6-7,9-10H2,1-2H3,(H,18,20). The summed E-state index contributed by atoms with van der Waals surface area (Å²) in [5.41, 5.74) is 0.576. The maximum Gasteiger partial charge on any atom is 0.238 e. The molecule has 5 nitrogen and oxygen atoms in total. The molecule has 0 aromatic heterocycles. The van der Waals surface area contributed by atoms with Crippen LogP contribution in [0.25, 0.3) is 0 Å². The highest BCUT2D eigenvalue weighted by Gasteiger charge is 2.28. The summed E-state index contributed by atoms with van der Waals surface area (Å²) in [5.74, 6) is 0.179. The molecule has 1 saturated heterocycles. The van der Waals surface area contributed by atoms with Gasteiger partial charge in [-0.25, -0.2) is 4.39 Å². The van der Waals surface area contributed by atoms with Crippen molar-refractivity contribution in [1.29, 1.82) is 0 Å². The van der Waals surface area contributed by atoms with E-state index in [4.69, 9.17) is 4.74 Å². The van der Waals surface area contributed by atoms with Crippen LogP contribution in [0, 0.1) is 5.82 Å². The Morgan fingerprint density at radius 3 is 3.05 bits per heavy atom. The summed E-state index contributed by atoms with van der Waals surface area (Å²) in [7, 11) is 1.51. The number of ether oxygens (including phenoxy) is 1. The lowest BCUT2D eigenvalue weighted by atomic mass is 10.1. The number of nitrogens with zero attached hydrogens (tertiary/aromatic N) is 1. The van der Waals surface area contributed by atoms with E-state index < -0.39 is 0 Å². The molecule has 1 heterocycles. The zero-order valence-corrected chi connectivity index (χ0v) is 12.5. The van der Waals surface area contributed by atoms with Crippen molar-refractivity contribution in [3.63, 3.8) is 0 Å². The molecule has 1 atom stereocenters. The highest BCUT2D eigenvalue weighted by molar-refractivity contribution is 5.82. The van der Waals surface area contributed by atoms with Gasteiger partial charge >= 0.3 is 0 Å². The van der Waals surface area contributed by atoms with Gasteiger partial charge in [0.1, 0.15) is 17.6 Å². The number of hydrogen-bond donors (Lipinski definition) is 2. The molecular weight excluding hydrogens is 273 g/mol. The fraction of sp³-hybridized carbons (Fsp3) is 0.533. The van der Waals surface area contributed by atoms with E-state index in [-0.39, 0.29) is 17.8 Å². The Morgan fingerprint density at radius 2 is 2.38 bits per heavy atom. The van der Waals surface area contributed by atoms with Crippen molar-refractivity contribution in [3.8, 4) is 5.75 Å². The fourth-order valence-corrected chi connectivity index (χ4v) is 2.49. The Hall–Kier alpha value is -1.66. The lowest BCUT2D eigenvalue weighted by molar-refractivity contribution is -0.127. The summed E-state index contributed by atoms with van der Waals surface area (Å²) in [6, 6.07) is 4.56. The smallest absolute Gasteiger partial charge is 0.238 e. The average molecular weight is 295 g/mol. The van der Waals surface area contributed by atoms with Crippen molar-refractivity contribution in [2.24, 2.45) is 0 Å². The third-order valence-electron chi connectivity index (χ3n) is 3.64. The van der Waals surface area contributed by atoms with Crippen molar-refractivity contribution in [1.82, 2.24) is 15.5 Å².